The Bertz CT molecular complexity index is 988. The highest BCUT2D eigenvalue weighted by Crippen LogP contribution is 2.28. The van der Waals surface area contributed by atoms with Gasteiger partial charge < -0.3 is 5.32 Å². The van der Waals surface area contributed by atoms with Gasteiger partial charge in [-0.05, 0) is 49.8 Å². The summed E-state index contributed by atoms with van der Waals surface area (Å²) in [6.07, 6.45) is 4.01. The van der Waals surface area contributed by atoms with Gasteiger partial charge in [0.25, 0.3) is 5.91 Å². The highest BCUT2D eigenvalue weighted by molar-refractivity contribution is 9.10. The van der Waals surface area contributed by atoms with Crippen LogP contribution in [0.15, 0.2) is 34.8 Å². The Kier molecular flexibility index (Phi) is 4.86. The number of carbonyl (C=O) groups is 1. The number of carbonyl (C=O) groups excluding carboxylic acids is 1. The molecule has 2 heterocycles. The van der Waals surface area contributed by atoms with Gasteiger partial charge in [0.1, 0.15) is 0 Å². The molecule has 0 fully saturated rings. The molecule has 0 bridgehead atoms. The Morgan fingerprint density at radius 1 is 1.26 bits per heavy atom. The van der Waals surface area contributed by atoms with Crippen molar-refractivity contribution in [1.82, 2.24) is 20.0 Å². The molecule has 2 aromatic heterocycles. The molecule has 4 rings (SSSR count). The first kappa shape index (κ1) is 18.0. The number of nitrogens with one attached hydrogen (secondary N) is 2. The van der Waals surface area contributed by atoms with Crippen molar-refractivity contribution in [2.45, 2.75) is 45.4 Å². The monoisotopic (exact) mass is 427 g/mol. The van der Waals surface area contributed by atoms with Gasteiger partial charge in [0.05, 0.1) is 5.69 Å². The summed E-state index contributed by atoms with van der Waals surface area (Å²) in [5.41, 5.74) is 4.64. The summed E-state index contributed by atoms with van der Waals surface area (Å²) in [6.45, 7) is 4.16. The molecular formula is C20H22BrN5O. The van der Waals surface area contributed by atoms with Crippen LogP contribution in [-0.4, -0.2) is 25.9 Å². The maximum Gasteiger partial charge on any atom is 0.277 e. The highest BCUT2D eigenvalue weighted by Gasteiger charge is 2.26. The molecule has 0 atom stereocenters. The number of aromatic nitrogens is 4. The number of hydrogen-bond donors (Lipinski definition) is 2. The van der Waals surface area contributed by atoms with Gasteiger partial charge in [0.2, 0.25) is 0 Å². The lowest BCUT2D eigenvalue weighted by Gasteiger charge is -2.14. The first-order valence-corrected chi connectivity index (χ1v) is 10.1. The molecule has 1 aromatic carbocycles. The van der Waals surface area contributed by atoms with Crippen LogP contribution in [0, 0.1) is 0 Å². The van der Waals surface area contributed by atoms with Gasteiger partial charge in [-0.3, -0.25) is 9.89 Å². The molecular weight excluding hydrogens is 406 g/mol. The molecule has 0 saturated heterocycles. The molecule has 6 nitrogen and oxygen atoms in total. The maximum atomic E-state index is 12.9. The molecule has 0 radical (unpaired) electrons. The van der Waals surface area contributed by atoms with Crippen molar-refractivity contribution in [1.29, 1.82) is 0 Å². The van der Waals surface area contributed by atoms with Crippen LogP contribution in [0.1, 0.15) is 60.0 Å². The van der Waals surface area contributed by atoms with Crippen LogP contribution in [0.3, 0.4) is 0 Å². The van der Waals surface area contributed by atoms with E-state index in [1.165, 1.54) is 0 Å². The smallest absolute Gasteiger partial charge is 0.277 e. The minimum atomic E-state index is -0.205. The number of anilines is 1. The van der Waals surface area contributed by atoms with Crippen molar-refractivity contribution < 1.29 is 4.79 Å². The van der Waals surface area contributed by atoms with E-state index < -0.39 is 0 Å². The third kappa shape index (κ3) is 3.56. The summed E-state index contributed by atoms with van der Waals surface area (Å²) in [5, 5.41) is 14.7. The first-order valence-electron chi connectivity index (χ1n) is 9.26. The number of rotatable bonds is 4. The van der Waals surface area contributed by atoms with E-state index in [-0.39, 0.29) is 5.91 Å². The quantitative estimate of drug-likeness (QED) is 0.637. The normalized spacial score (nSPS) is 13.6. The topological polar surface area (TPSA) is 75.6 Å². The summed E-state index contributed by atoms with van der Waals surface area (Å²) in [6, 6.07) is 9.87. The Morgan fingerprint density at radius 2 is 2.07 bits per heavy atom. The van der Waals surface area contributed by atoms with Crippen molar-refractivity contribution in [2.24, 2.45) is 0 Å². The van der Waals surface area contributed by atoms with Gasteiger partial charge in [-0.1, -0.05) is 35.8 Å². The summed E-state index contributed by atoms with van der Waals surface area (Å²) in [5.74, 6) is 0.653. The second kappa shape index (κ2) is 7.31. The Hall–Kier alpha value is -2.41. The zero-order chi connectivity index (χ0) is 19.0. The average molecular weight is 428 g/mol. The number of benzene rings is 1. The minimum Gasteiger partial charge on any atom is -0.304 e. The standard InChI is InChI=1S/C20H22BrN5O/c1-12(2)16-11-18(24-23-16)22-20(27)19-15-8-3-4-9-17(15)26(25-19)14-7-5-6-13(21)10-14/h5-7,10-12H,3-4,8-9H2,1-2H3,(H2,22,23,24,27). The molecule has 140 valence electrons. The SMILES string of the molecule is CC(C)c1cc(NC(=O)c2nn(-c3cccc(Br)c3)c3c2CCCC3)n[nH]1. The largest absolute Gasteiger partial charge is 0.304 e. The lowest BCUT2D eigenvalue weighted by Crippen LogP contribution is -2.15. The Labute approximate surface area is 166 Å². The van der Waals surface area contributed by atoms with Crippen molar-refractivity contribution in [3.8, 4) is 5.69 Å². The summed E-state index contributed by atoms with van der Waals surface area (Å²) >= 11 is 3.52. The number of amides is 1. The predicted octanol–water partition coefficient (Wildman–Crippen LogP) is 4.61. The maximum absolute atomic E-state index is 12.9. The van der Waals surface area contributed by atoms with E-state index in [9.17, 15) is 4.79 Å². The fourth-order valence-electron chi connectivity index (χ4n) is 3.47. The van der Waals surface area contributed by atoms with E-state index in [4.69, 9.17) is 0 Å². The van der Waals surface area contributed by atoms with Gasteiger partial charge in [-0.25, -0.2) is 4.68 Å². The van der Waals surface area contributed by atoms with E-state index in [1.807, 2.05) is 35.0 Å². The Balaban J connectivity index is 1.68. The van der Waals surface area contributed by atoms with Crippen molar-refractivity contribution >= 4 is 27.7 Å². The Morgan fingerprint density at radius 3 is 2.81 bits per heavy atom. The van der Waals surface area contributed by atoms with Crippen molar-refractivity contribution in [2.75, 3.05) is 5.32 Å². The van der Waals surface area contributed by atoms with Crippen LogP contribution < -0.4 is 5.32 Å². The lowest BCUT2D eigenvalue weighted by atomic mass is 9.95. The van der Waals surface area contributed by atoms with Gasteiger partial charge in [0, 0.05) is 27.5 Å². The van der Waals surface area contributed by atoms with Crippen molar-refractivity contribution in [3.05, 3.63) is 57.4 Å². The molecule has 0 spiro atoms. The molecule has 0 saturated carbocycles. The number of halogens is 1. The number of fused-ring (bicyclic) bond motifs is 1. The van der Waals surface area contributed by atoms with Gasteiger partial charge in [-0.2, -0.15) is 10.2 Å². The molecule has 3 aromatic rings. The predicted molar refractivity (Wildman–Crippen MR) is 109 cm³/mol. The summed E-state index contributed by atoms with van der Waals surface area (Å²) in [7, 11) is 0. The van der Waals surface area contributed by atoms with Crippen LogP contribution in [0.5, 0.6) is 0 Å². The second-order valence-electron chi connectivity index (χ2n) is 7.19. The van der Waals surface area contributed by atoms with Crippen LogP contribution in [0.25, 0.3) is 5.69 Å². The highest BCUT2D eigenvalue weighted by atomic mass is 79.9. The zero-order valence-electron chi connectivity index (χ0n) is 15.4. The lowest BCUT2D eigenvalue weighted by molar-refractivity contribution is 0.102. The molecule has 1 amide bonds. The fraction of sp³-hybridized carbons (Fsp3) is 0.350. The van der Waals surface area contributed by atoms with Crippen LogP contribution in [0.4, 0.5) is 5.82 Å². The number of H-pyrrole nitrogens is 1. The molecule has 27 heavy (non-hydrogen) atoms. The molecule has 2 N–H and O–H groups in total. The molecule has 0 unspecified atom stereocenters. The molecule has 7 heteroatoms. The zero-order valence-corrected chi connectivity index (χ0v) is 17.0. The molecule has 1 aliphatic carbocycles. The van der Waals surface area contributed by atoms with Crippen LogP contribution in [0.2, 0.25) is 0 Å². The third-order valence-corrected chi connectivity index (χ3v) is 5.40. The van der Waals surface area contributed by atoms with E-state index in [0.29, 0.717) is 17.4 Å². The summed E-state index contributed by atoms with van der Waals surface area (Å²) in [4.78, 5) is 12.9. The van der Waals surface area contributed by atoms with Gasteiger partial charge >= 0.3 is 0 Å². The van der Waals surface area contributed by atoms with E-state index >= 15 is 0 Å². The van der Waals surface area contributed by atoms with E-state index in [1.54, 1.807) is 0 Å². The number of nitrogens with zero attached hydrogens (tertiary/aromatic N) is 3. The minimum absolute atomic E-state index is 0.205. The third-order valence-electron chi connectivity index (χ3n) is 4.91. The molecule has 0 aliphatic heterocycles. The fourth-order valence-corrected chi connectivity index (χ4v) is 3.86. The number of aromatic amines is 1. The van der Waals surface area contributed by atoms with Crippen LogP contribution >= 0.6 is 15.9 Å². The van der Waals surface area contributed by atoms with Crippen LogP contribution in [-0.2, 0) is 12.8 Å². The van der Waals surface area contributed by atoms with Crippen molar-refractivity contribution in [3.63, 3.8) is 0 Å². The van der Waals surface area contributed by atoms with Gasteiger partial charge in [-0.15, -0.1) is 0 Å². The molecule has 1 aliphatic rings. The average Bonchev–Trinajstić information content (AvgIpc) is 3.26. The van der Waals surface area contributed by atoms with Gasteiger partial charge in [0.15, 0.2) is 11.5 Å². The first-order chi connectivity index (χ1) is 13.0. The van der Waals surface area contributed by atoms with E-state index in [0.717, 1.165) is 52.8 Å². The second-order valence-corrected chi connectivity index (χ2v) is 8.11. The van der Waals surface area contributed by atoms with E-state index in [2.05, 4.69) is 50.4 Å². The number of hydrogen-bond acceptors (Lipinski definition) is 3. The summed E-state index contributed by atoms with van der Waals surface area (Å²) < 4.78 is 2.90.